The molecule has 17 heavy (non-hydrogen) atoms. The fraction of sp³-hybridized carbons (Fsp3) is 0.400. The molecule has 1 aromatic carbocycles. The van der Waals surface area contributed by atoms with E-state index in [1.54, 1.807) is 0 Å². The summed E-state index contributed by atoms with van der Waals surface area (Å²) in [6.07, 6.45) is 5.88. The number of imidazole rings is 1. The zero-order valence-electron chi connectivity index (χ0n) is 10.5. The van der Waals surface area contributed by atoms with Gasteiger partial charge in [-0.2, -0.15) is 0 Å². The standard InChI is InChI=1S/C15H18N2/c1-11-6-8-13(9-7-11)14-10-17-12(2)4-3-5-15(17)16-14/h6-10,12H,3-5H2,1-2H3/t12-/m1/s1. The van der Waals surface area contributed by atoms with Crippen molar-refractivity contribution in [2.45, 2.75) is 39.2 Å². The van der Waals surface area contributed by atoms with E-state index in [1.807, 2.05) is 0 Å². The maximum absolute atomic E-state index is 4.76. The molecule has 0 amide bonds. The molecule has 2 nitrogen and oxygen atoms in total. The van der Waals surface area contributed by atoms with Crippen LogP contribution in [0.15, 0.2) is 30.5 Å². The maximum atomic E-state index is 4.76. The van der Waals surface area contributed by atoms with E-state index in [1.165, 1.54) is 29.8 Å². The summed E-state index contributed by atoms with van der Waals surface area (Å²) < 4.78 is 2.35. The van der Waals surface area contributed by atoms with Gasteiger partial charge in [0, 0.05) is 24.2 Å². The number of aromatic nitrogens is 2. The third-order valence-electron chi connectivity index (χ3n) is 3.65. The molecule has 0 saturated carbocycles. The third-order valence-corrected chi connectivity index (χ3v) is 3.65. The van der Waals surface area contributed by atoms with Gasteiger partial charge in [0.1, 0.15) is 5.82 Å². The lowest BCUT2D eigenvalue weighted by Gasteiger charge is -2.20. The fourth-order valence-corrected chi connectivity index (χ4v) is 2.56. The van der Waals surface area contributed by atoms with Crippen molar-refractivity contribution in [1.29, 1.82) is 0 Å². The summed E-state index contributed by atoms with van der Waals surface area (Å²) >= 11 is 0. The number of hydrogen-bond donors (Lipinski definition) is 0. The van der Waals surface area contributed by atoms with Gasteiger partial charge in [-0.25, -0.2) is 4.98 Å². The topological polar surface area (TPSA) is 17.8 Å². The molecule has 2 aromatic rings. The number of fused-ring (bicyclic) bond motifs is 1. The number of aryl methyl sites for hydroxylation is 2. The number of nitrogens with zero attached hydrogens (tertiary/aromatic N) is 2. The second kappa shape index (κ2) is 4.02. The SMILES string of the molecule is Cc1ccc(-c2cn3c(n2)CCC[C@H]3C)cc1. The Balaban J connectivity index is 2.02. The van der Waals surface area contributed by atoms with E-state index in [0.717, 1.165) is 12.1 Å². The van der Waals surface area contributed by atoms with Crippen molar-refractivity contribution in [3.63, 3.8) is 0 Å². The van der Waals surface area contributed by atoms with Gasteiger partial charge in [0.2, 0.25) is 0 Å². The quantitative estimate of drug-likeness (QED) is 0.724. The molecule has 1 atom stereocenters. The summed E-state index contributed by atoms with van der Waals surface area (Å²) in [5.41, 5.74) is 3.64. The van der Waals surface area contributed by atoms with Crippen LogP contribution in [-0.4, -0.2) is 9.55 Å². The van der Waals surface area contributed by atoms with Crippen LogP contribution < -0.4 is 0 Å². The highest BCUT2D eigenvalue weighted by Gasteiger charge is 2.18. The molecule has 1 aliphatic rings. The molecule has 0 unspecified atom stereocenters. The second-order valence-electron chi connectivity index (χ2n) is 5.06. The van der Waals surface area contributed by atoms with Gasteiger partial charge in [-0.15, -0.1) is 0 Å². The van der Waals surface area contributed by atoms with Crippen LogP contribution >= 0.6 is 0 Å². The molecule has 1 aromatic heterocycles. The lowest BCUT2D eigenvalue weighted by atomic mass is 10.1. The molecule has 0 fully saturated rings. The second-order valence-corrected chi connectivity index (χ2v) is 5.06. The average Bonchev–Trinajstić information content (AvgIpc) is 2.75. The van der Waals surface area contributed by atoms with Crippen molar-refractivity contribution >= 4 is 0 Å². The van der Waals surface area contributed by atoms with Gasteiger partial charge in [-0.05, 0) is 26.7 Å². The smallest absolute Gasteiger partial charge is 0.109 e. The first-order valence-electron chi connectivity index (χ1n) is 6.39. The zero-order chi connectivity index (χ0) is 11.8. The van der Waals surface area contributed by atoms with E-state index in [-0.39, 0.29) is 0 Å². The van der Waals surface area contributed by atoms with Crippen LogP contribution in [0.2, 0.25) is 0 Å². The van der Waals surface area contributed by atoms with E-state index < -0.39 is 0 Å². The predicted octanol–water partition coefficient (Wildman–Crippen LogP) is 3.76. The van der Waals surface area contributed by atoms with Gasteiger partial charge in [0.25, 0.3) is 0 Å². The molecule has 0 bridgehead atoms. The normalized spacial score (nSPS) is 19.1. The minimum Gasteiger partial charge on any atom is -0.331 e. The average molecular weight is 226 g/mol. The lowest BCUT2D eigenvalue weighted by molar-refractivity contribution is 0.426. The molecule has 2 heteroatoms. The molecule has 0 saturated heterocycles. The van der Waals surface area contributed by atoms with E-state index >= 15 is 0 Å². The summed E-state index contributed by atoms with van der Waals surface area (Å²) in [6.45, 7) is 4.40. The Kier molecular flexibility index (Phi) is 2.50. The number of benzene rings is 1. The molecule has 0 N–H and O–H groups in total. The third kappa shape index (κ3) is 1.88. The molecule has 0 aliphatic carbocycles. The Hall–Kier alpha value is -1.57. The highest BCUT2D eigenvalue weighted by atomic mass is 15.1. The number of hydrogen-bond acceptors (Lipinski definition) is 1. The van der Waals surface area contributed by atoms with Crippen LogP contribution in [-0.2, 0) is 6.42 Å². The largest absolute Gasteiger partial charge is 0.331 e. The van der Waals surface area contributed by atoms with Gasteiger partial charge >= 0.3 is 0 Å². The monoisotopic (exact) mass is 226 g/mol. The molecule has 0 spiro atoms. The van der Waals surface area contributed by atoms with E-state index in [9.17, 15) is 0 Å². The van der Waals surface area contributed by atoms with E-state index in [4.69, 9.17) is 4.98 Å². The van der Waals surface area contributed by atoms with Gasteiger partial charge in [-0.3, -0.25) is 0 Å². The summed E-state index contributed by atoms with van der Waals surface area (Å²) in [6, 6.07) is 9.22. The molecule has 0 radical (unpaired) electrons. The van der Waals surface area contributed by atoms with Gasteiger partial charge in [0.05, 0.1) is 5.69 Å². The van der Waals surface area contributed by atoms with Crippen molar-refractivity contribution in [3.05, 3.63) is 41.9 Å². The lowest BCUT2D eigenvalue weighted by Crippen LogP contribution is -2.14. The van der Waals surface area contributed by atoms with Crippen molar-refractivity contribution in [2.24, 2.45) is 0 Å². The highest BCUT2D eigenvalue weighted by Crippen LogP contribution is 2.28. The molecule has 2 heterocycles. The Morgan fingerprint density at radius 3 is 2.71 bits per heavy atom. The van der Waals surface area contributed by atoms with E-state index in [2.05, 4.69) is 48.9 Å². The highest BCUT2D eigenvalue weighted by molar-refractivity contribution is 5.59. The van der Waals surface area contributed by atoms with Crippen LogP contribution in [0.4, 0.5) is 0 Å². The molecule has 88 valence electrons. The first kappa shape index (κ1) is 10.6. The first-order valence-corrected chi connectivity index (χ1v) is 6.39. The van der Waals surface area contributed by atoms with E-state index in [0.29, 0.717) is 6.04 Å². The summed E-state index contributed by atoms with van der Waals surface area (Å²) in [7, 11) is 0. The van der Waals surface area contributed by atoms with Crippen LogP contribution in [0.3, 0.4) is 0 Å². The van der Waals surface area contributed by atoms with Crippen LogP contribution in [0.5, 0.6) is 0 Å². The molecular weight excluding hydrogens is 208 g/mol. The minimum absolute atomic E-state index is 0.602. The Morgan fingerprint density at radius 1 is 1.24 bits per heavy atom. The van der Waals surface area contributed by atoms with Gasteiger partial charge in [-0.1, -0.05) is 29.8 Å². The van der Waals surface area contributed by atoms with Crippen molar-refractivity contribution in [3.8, 4) is 11.3 Å². The summed E-state index contributed by atoms with van der Waals surface area (Å²) in [5.74, 6) is 1.25. The number of rotatable bonds is 1. The Morgan fingerprint density at radius 2 is 2.00 bits per heavy atom. The minimum atomic E-state index is 0.602. The summed E-state index contributed by atoms with van der Waals surface area (Å²) in [4.78, 5) is 4.76. The van der Waals surface area contributed by atoms with Crippen LogP contribution in [0.1, 0.15) is 37.2 Å². The Bertz CT molecular complexity index is 522. The molecule has 3 rings (SSSR count). The molecular formula is C15H18N2. The van der Waals surface area contributed by atoms with Crippen molar-refractivity contribution < 1.29 is 0 Å². The van der Waals surface area contributed by atoms with Crippen LogP contribution in [0, 0.1) is 6.92 Å². The maximum Gasteiger partial charge on any atom is 0.109 e. The molecule has 1 aliphatic heterocycles. The van der Waals surface area contributed by atoms with Crippen molar-refractivity contribution in [2.75, 3.05) is 0 Å². The van der Waals surface area contributed by atoms with Crippen LogP contribution in [0.25, 0.3) is 11.3 Å². The Labute approximate surface area is 102 Å². The first-order chi connectivity index (χ1) is 8.24. The fourth-order valence-electron chi connectivity index (χ4n) is 2.56. The van der Waals surface area contributed by atoms with Crippen molar-refractivity contribution in [1.82, 2.24) is 9.55 Å². The van der Waals surface area contributed by atoms with Gasteiger partial charge in [0.15, 0.2) is 0 Å². The predicted molar refractivity (Wildman–Crippen MR) is 70.0 cm³/mol. The van der Waals surface area contributed by atoms with Gasteiger partial charge < -0.3 is 4.57 Å². The zero-order valence-corrected chi connectivity index (χ0v) is 10.5. The summed E-state index contributed by atoms with van der Waals surface area (Å²) in [5, 5.41) is 0.